The Balaban J connectivity index is 0.789. The van der Waals surface area contributed by atoms with Crippen LogP contribution in [0.4, 0.5) is 17.1 Å². The van der Waals surface area contributed by atoms with Gasteiger partial charge in [0.15, 0.2) is 0 Å². The highest BCUT2D eigenvalue weighted by Crippen LogP contribution is 2.55. The fourth-order valence-electron chi connectivity index (χ4n) is 10.2. The van der Waals surface area contributed by atoms with Crippen LogP contribution in [-0.2, 0) is 9.59 Å². The molecular formula is C45H50ClN7O6. The van der Waals surface area contributed by atoms with Crippen LogP contribution in [0, 0.1) is 23.3 Å². The van der Waals surface area contributed by atoms with Crippen molar-refractivity contribution < 1.29 is 28.7 Å². The van der Waals surface area contributed by atoms with Crippen LogP contribution < -0.4 is 25.2 Å². The number of hydrogen-bond donors (Lipinski definition) is 2. The Hall–Kier alpha value is -5.45. The average Bonchev–Trinajstić information content (AvgIpc) is 3.47. The molecule has 4 fully saturated rings. The van der Waals surface area contributed by atoms with Crippen LogP contribution in [0.3, 0.4) is 0 Å². The number of imide groups is 2. The third-order valence-electron chi connectivity index (χ3n) is 13.2. The highest BCUT2D eigenvalue weighted by atomic mass is 35.5. The summed E-state index contributed by atoms with van der Waals surface area (Å²) < 4.78 is 6.39. The van der Waals surface area contributed by atoms with Gasteiger partial charge in [-0.15, -0.1) is 0 Å². The summed E-state index contributed by atoms with van der Waals surface area (Å²) in [6, 6.07) is 17.2. The van der Waals surface area contributed by atoms with Crippen molar-refractivity contribution in [2.45, 2.75) is 71.6 Å². The molecule has 3 aromatic carbocycles. The molecule has 4 heterocycles. The van der Waals surface area contributed by atoms with Crippen molar-refractivity contribution in [2.75, 3.05) is 55.6 Å². The molecule has 1 unspecified atom stereocenters. The van der Waals surface area contributed by atoms with Gasteiger partial charge >= 0.3 is 0 Å². The van der Waals surface area contributed by atoms with E-state index in [9.17, 15) is 24.0 Å². The van der Waals surface area contributed by atoms with E-state index in [1.165, 1.54) is 0 Å². The molecule has 1 atom stereocenters. The van der Waals surface area contributed by atoms with E-state index in [0.717, 1.165) is 74.9 Å². The summed E-state index contributed by atoms with van der Waals surface area (Å²) >= 11 is 6.26. The first-order valence-electron chi connectivity index (χ1n) is 20.5. The Morgan fingerprint density at radius 2 is 1.47 bits per heavy atom. The van der Waals surface area contributed by atoms with Gasteiger partial charge in [0.05, 0.1) is 22.7 Å². The van der Waals surface area contributed by atoms with Crippen molar-refractivity contribution in [3.63, 3.8) is 0 Å². The first-order valence-corrected chi connectivity index (χ1v) is 20.9. The minimum absolute atomic E-state index is 0.0906. The molecule has 13 nitrogen and oxygen atoms in total. The number of benzene rings is 3. The lowest BCUT2D eigenvalue weighted by Crippen LogP contribution is -2.74. The number of carbonyl (C=O) groups is 5. The minimum atomic E-state index is -0.974. The van der Waals surface area contributed by atoms with Crippen LogP contribution in [-0.4, -0.2) is 103 Å². The SMILES string of the molecule is [C-]#[N+]c1ccc(OC2C(C)(C)C(NC(=O)c3ccc(N4CCC(CN5CCN(c6ccc7c(c6)C(=O)N(C6CCC(=O)NC6=O)C7=O)CC5)CC4)cc3)C2(C)C)cc1Cl. The number of nitrogens with zero attached hydrogens (tertiary/aromatic N) is 5. The first-order chi connectivity index (χ1) is 28.1. The topological polar surface area (TPSA) is 136 Å². The summed E-state index contributed by atoms with van der Waals surface area (Å²) in [7, 11) is 0. The Morgan fingerprint density at radius 1 is 0.831 bits per heavy atom. The third kappa shape index (κ3) is 7.53. The van der Waals surface area contributed by atoms with Gasteiger partial charge < -0.3 is 19.9 Å². The molecule has 1 saturated carbocycles. The molecule has 0 bridgehead atoms. The van der Waals surface area contributed by atoms with Gasteiger partial charge in [-0.2, -0.15) is 0 Å². The number of piperidine rings is 2. The number of rotatable bonds is 9. The number of hydrogen-bond acceptors (Lipinski definition) is 9. The summed E-state index contributed by atoms with van der Waals surface area (Å²) in [6.45, 7) is 22.0. The molecule has 14 heteroatoms. The third-order valence-corrected chi connectivity index (χ3v) is 13.5. The van der Waals surface area contributed by atoms with Crippen molar-refractivity contribution in [3.05, 3.63) is 93.8 Å². The maximum absolute atomic E-state index is 13.5. The van der Waals surface area contributed by atoms with Crippen molar-refractivity contribution in [3.8, 4) is 5.75 Å². The summed E-state index contributed by atoms with van der Waals surface area (Å²) in [5, 5.41) is 5.89. The summed E-state index contributed by atoms with van der Waals surface area (Å²) in [6.07, 6.45) is 2.21. The number of amides is 5. The summed E-state index contributed by atoms with van der Waals surface area (Å²) in [5.41, 5.74) is 2.91. The van der Waals surface area contributed by atoms with Gasteiger partial charge in [-0.3, -0.25) is 39.1 Å². The van der Waals surface area contributed by atoms with Gasteiger partial charge in [0.1, 0.15) is 17.9 Å². The number of ether oxygens (including phenoxy) is 1. The standard InChI is InChI=1S/C45H50ClN7O6/c1-44(2)42(45(3,4)43(44)59-31-11-13-35(47-5)34(46)25-31)49-38(55)28-6-8-29(9-7-28)51-18-16-27(17-19-51)26-50-20-22-52(23-21-50)30-10-12-32-33(24-30)41(58)53(40(32)57)36-14-15-37(54)48-39(36)56/h6-13,24-25,27,36,42-43H,14-23,26H2,1-4H3,(H,49,55)(H,48,54,56). The monoisotopic (exact) mass is 819 g/mol. The molecule has 4 aliphatic heterocycles. The first kappa shape index (κ1) is 40.3. The van der Waals surface area contributed by atoms with E-state index in [1.807, 2.05) is 30.3 Å². The Kier molecular flexibility index (Phi) is 10.7. The highest BCUT2D eigenvalue weighted by molar-refractivity contribution is 6.33. The van der Waals surface area contributed by atoms with Crippen LogP contribution in [0.2, 0.25) is 5.02 Å². The van der Waals surface area contributed by atoms with Gasteiger partial charge in [-0.1, -0.05) is 45.4 Å². The second-order valence-corrected chi connectivity index (χ2v) is 18.1. The van der Waals surface area contributed by atoms with Crippen molar-refractivity contribution in [1.82, 2.24) is 20.4 Å². The lowest BCUT2D eigenvalue weighted by atomic mass is 9.49. The number of nitrogens with one attached hydrogen (secondary N) is 2. The van der Waals surface area contributed by atoms with Gasteiger partial charge in [0, 0.05) is 86.0 Å². The number of fused-ring (bicyclic) bond motifs is 1. The van der Waals surface area contributed by atoms with Crippen molar-refractivity contribution in [2.24, 2.45) is 16.7 Å². The molecule has 8 rings (SSSR count). The van der Waals surface area contributed by atoms with Gasteiger partial charge in [0.2, 0.25) is 17.5 Å². The molecule has 59 heavy (non-hydrogen) atoms. The van der Waals surface area contributed by atoms with E-state index in [1.54, 1.807) is 30.3 Å². The number of piperazine rings is 1. The minimum Gasteiger partial charge on any atom is -0.489 e. The predicted molar refractivity (Wildman–Crippen MR) is 224 cm³/mol. The molecule has 308 valence electrons. The summed E-state index contributed by atoms with van der Waals surface area (Å²) in [5.74, 6) is -0.898. The number of anilines is 2. The fourth-order valence-corrected chi connectivity index (χ4v) is 10.4. The lowest BCUT2D eigenvalue weighted by Gasteiger charge is -2.63. The molecule has 1 aliphatic carbocycles. The number of halogens is 1. The van der Waals surface area contributed by atoms with Crippen LogP contribution in [0.15, 0.2) is 60.7 Å². The maximum Gasteiger partial charge on any atom is 0.262 e. The van der Waals surface area contributed by atoms with E-state index in [0.29, 0.717) is 39.1 Å². The molecule has 0 radical (unpaired) electrons. The Morgan fingerprint density at radius 3 is 2.12 bits per heavy atom. The van der Waals surface area contributed by atoms with Crippen LogP contribution in [0.1, 0.15) is 84.5 Å². The lowest BCUT2D eigenvalue weighted by molar-refractivity contribution is -0.164. The Bertz CT molecular complexity index is 2220. The fraction of sp³-hybridized carbons (Fsp3) is 0.467. The maximum atomic E-state index is 13.5. The molecule has 0 aromatic heterocycles. The van der Waals surface area contributed by atoms with E-state index in [-0.39, 0.29) is 41.7 Å². The highest BCUT2D eigenvalue weighted by Gasteiger charge is 2.64. The second kappa shape index (κ2) is 15.6. The molecule has 3 saturated heterocycles. The van der Waals surface area contributed by atoms with Crippen molar-refractivity contribution in [1.29, 1.82) is 0 Å². The van der Waals surface area contributed by atoms with Gasteiger partial charge in [-0.25, -0.2) is 4.85 Å². The smallest absolute Gasteiger partial charge is 0.262 e. The van der Waals surface area contributed by atoms with E-state index >= 15 is 0 Å². The van der Waals surface area contributed by atoms with Crippen LogP contribution in [0.25, 0.3) is 4.85 Å². The zero-order valence-electron chi connectivity index (χ0n) is 33.9. The largest absolute Gasteiger partial charge is 0.489 e. The predicted octanol–water partition coefficient (Wildman–Crippen LogP) is 5.94. The molecule has 3 aromatic rings. The van der Waals surface area contributed by atoms with E-state index in [2.05, 4.69) is 57.9 Å². The van der Waals surface area contributed by atoms with Gasteiger partial charge in [0.25, 0.3) is 17.7 Å². The van der Waals surface area contributed by atoms with Crippen molar-refractivity contribution >= 4 is 58.2 Å². The molecular weight excluding hydrogens is 770 g/mol. The zero-order chi connectivity index (χ0) is 41.8. The number of carbonyl (C=O) groups excluding carboxylic acids is 5. The van der Waals surface area contributed by atoms with E-state index in [4.69, 9.17) is 22.9 Å². The second-order valence-electron chi connectivity index (χ2n) is 17.7. The molecule has 2 N–H and O–H groups in total. The zero-order valence-corrected chi connectivity index (χ0v) is 34.7. The van der Waals surface area contributed by atoms with Crippen LogP contribution in [0.5, 0.6) is 5.75 Å². The van der Waals surface area contributed by atoms with E-state index < -0.39 is 29.7 Å². The average molecular weight is 820 g/mol. The normalized spacial score (nSPS) is 24.3. The van der Waals surface area contributed by atoms with Gasteiger partial charge in [-0.05, 0) is 79.8 Å². The summed E-state index contributed by atoms with van der Waals surface area (Å²) in [4.78, 5) is 75.6. The molecule has 5 amide bonds. The molecule has 5 aliphatic rings. The quantitative estimate of drug-likeness (QED) is 0.199. The Labute approximate surface area is 349 Å². The molecule has 0 spiro atoms. The van der Waals surface area contributed by atoms with Crippen LogP contribution >= 0.6 is 11.6 Å².